The molecule has 1 fully saturated rings. The Balaban J connectivity index is 2.28. The van der Waals surface area contributed by atoms with Gasteiger partial charge in [-0.3, -0.25) is 4.90 Å². The maximum atomic E-state index is 9.49. The van der Waals surface area contributed by atoms with Crippen LogP contribution in [0.4, 0.5) is 0 Å². The topological polar surface area (TPSA) is 26.7 Å². The number of aliphatic hydroxyl groups is 1. The zero-order chi connectivity index (χ0) is 10.6. The molecule has 0 amide bonds. The summed E-state index contributed by atoms with van der Waals surface area (Å²) in [5.41, 5.74) is 0. The van der Waals surface area contributed by atoms with Gasteiger partial charge in [-0.25, -0.2) is 0 Å². The molecule has 0 aromatic carbocycles. The van der Waals surface area contributed by atoms with Crippen LogP contribution < -0.4 is 0 Å². The Labute approximate surface area is 87.7 Å². The molecule has 0 aromatic rings. The van der Waals surface area contributed by atoms with Crippen molar-refractivity contribution in [2.45, 2.75) is 39.3 Å². The van der Waals surface area contributed by atoms with Crippen LogP contribution in [-0.2, 0) is 0 Å². The molecule has 3 heteroatoms. The highest BCUT2D eigenvalue weighted by Gasteiger charge is 2.22. The standard InChI is InChI=1S/C11H24N2O/c1-4-5-12-6-8-13(9-7-12)10(2)11(3)14/h10-11,14H,4-9H2,1-3H3/t10?,11-/m1/s1. The second kappa shape index (κ2) is 5.69. The van der Waals surface area contributed by atoms with Crippen LogP contribution in [0.3, 0.4) is 0 Å². The molecule has 84 valence electrons. The highest BCUT2D eigenvalue weighted by molar-refractivity contribution is 4.78. The largest absolute Gasteiger partial charge is 0.392 e. The zero-order valence-corrected chi connectivity index (χ0v) is 9.74. The van der Waals surface area contributed by atoms with Crippen molar-refractivity contribution in [3.63, 3.8) is 0 Å². The first-order chi connectivity index (χ1) is 6.65. The molecule has 1 aliphatic heterocycles. The summed E-state index contributed by atoms with van der Waals surface area (Å²) in [5.74, 6) is 0. The minimum Gasteiger partial charge on any atom is -0.392 e. The monoisotopic (exact) mass is 200 g/mol. The summed E-state index contributed by atoms with van der Waals surface area (Å²) in [4.78, 5) is 4.89. The Morgan fingerprint density at radius 1 is 1.14 bits per heavy atom. The first kappa shape index (κ1) is 12.0. The molecule has 14 heavy (non-hydrogen) atoms. The summed E-state index contributed by atoms with van der Waals surface area (Å²) in [7, 11) is 0. The second-order valence-electron chi connectivity index (χ2n) is 4.36. The van der Waals surface area contributed by atoms with Crippen molar-refractivity contribution in [2.75, 3.05) is 32.7 Å². The third-order valence-corrected chi connectivity index (χ3v) is 3.22. The van der Waals surface area contributed by atoms with Crippen LogP contribution >= 0.6 is 0 Å². The van der Waals surface area contributed by atoms with E-state index in [1.807, 2.05) is 6.92 Å². The van der Waals surface area contributed by atoms with Crippen molar-refractivity contribution in [3.05, 3.63) is 0 Å². The van der Waals surface area contributed by atoms with E-state index < -0.39 is 0 Å². The summed E-state index contributed by atoms with van der Waals surface area (Å²) < 4.78 is 0. The van der Waals surface area contributed by atoms with Crippen molar-refractivity contribution < 1.29 is 5.11 Å². The fourth-order valence-electron chi connectivity index (χ4n) is 2.02. The fraction of sp³-hybridized carbons (Fsp3) is 1.00. The number of piperazine rings is 1. The van der Waals surface area contributed by atoms with E-state index in [1.54, 1.807) is 0 Å². The predicted octanol–water partition coefficient (Wildman–Crippen LogP) is 0.783. The number of nitrogens with zero attached hydrogens (tertiary/aromatic N) is 2. The van der Waals surface area contributed by atoms with Crippen LogP contribution in [0.25, 0.3) is 0 Å². The molecule has 0 radical (unpaired) electrons. The third kappa shape index (κ3) is 3.23. The molecule has 0 spiro atoms. The highest BCUT2D eigenvalue weighted by Crippen LogP contribution is 2.09. The lowest BCUT2D eigenvalue weighted by Gasteiger charge is -2.38. The molecular weight excluding hydrogens is 176 g/mol. The number of aliphatic hydroxyl groups excluding tert-OH is 1. The lowest BCUT2D eigenvalue weighted by molar-refractivity contribution is 0.0356. The van der Waals surface area contributed by atoms with Crippen LogP contribution in [0.1, 0.15) is 27.2 Å². The minimum atomic E-state index is -0.215. The maximum absolute atomic E-state index is 9.49. The van der Waals surface area contributed by atoms with Crippen molar-refractivity contribution >= 4 is 0 Å². The van der Waals surface area contributed by atoms with Crippen LogP contribution in [0.15, 0.2) is 0 Å². The van der Waals surface area contributed by atoms with Gasteiger partial charge in [-0.1, -0.05) is 6.92 Å². The van der Waals surface area contributed by atoms with E-state index >= 15 is 0 Å². The zero-order valence-electron chi connectivity index (χ0n) is 9.74. The van der Waals surface area contributed by atoms with Crippen LogP contribution in [0, 0.1) is 0 Å². The number of hydrogen-bond donors (Lipinski definition) is 1. The van der Waals surface area contributed by atoms with E-state index in [9.17, 15) is 5.11 Å². The normalized spacial score (nSPS) is 24.9. The average molecular weight is 200 g/mol. The molecule has 1 aliphatic rings. The number of hydrogen-bond acceptors (Lipinski definition) is 3. The van der Waals surface area contributed by atoms with Gasteiger partial charge in [0, 0.05) is 32.2 Å². The van der Waals surface area contributed by atoms with E-state index in [4.69, 9.17) is 0 Å². The van der Waals surface area contributed by atoms with Crippen molar-refractivity contribution in [1.29, 1.82) is 0 Å². The summed E-state index contributed by atoms with van der Waals surface area (Å²) in [6.45, 7) is 12.0. The molecule has 1 unspecified atom stereocenters. The molecule has 1 rings (SSSR count). The molecule has 0 aliphatic carbocycles. The van der Waals surface area contributed by atoms with Gasteiger partial charge >= 0.3 is 0 Å². The summed E-state index contributed by atoms with van der Waals surface area (Å²) >= 11 is 0. The SMILES string of the molecule is CCCN1CCN(C(C)[C@@H](C)O)CC1. The Kier molecular flexibility index (Phi) is 4.85. The van der Waals surface area contributed by atoms with E-state index in [1.165, 1.54) is 13.0 Å². The predicted molar refractivity (Wildman–Crippen MR) is 59.4 cm³/mol. The molecule has 0 aromatic heterocycles. The van der Waals surface area contributed by atoms with Gasteiger partial charge in [0.05, 0.1) is 6.10 Å². The Morgan fingerprint density at radius 3 is 2.14 bits per heavy atom. The van der Waals surface area contributed by atoms with Crippen molar-refractivity contribution in [1.82, 2.24) is 9.80 Å². The van der Waals surface area contributed by atoms with Crippen LogP contribution in [0.5, 0.6) is 0 Å². The first-order valence-electron chi connectivity index (χ1n) is 5.79. The van der Waals surface area contributed by atoms with Gasteiger partial charge in [0.2, 0.25) is 0 Å². The van der Waals surface area contributed by atoms with Crippen LogP contribution in [-0.4, -0.2) is 59.8 Å². The minimum absolute atomic E-state index is 0.215. The Morgan fingerprint density at radius 2 is 1.71 bits per heavy atom. The molecule has 1 saturated heterocycles. The summed E-state index contributed by atoms with van der Waals surface area (Å²) in [6, 6.07) is 0.304. The molecule has 0 bridgehead atoms. The lowest BCUT2D eigenvalue weighted by Crippen LogP contribution is -2.52. The third-order valence-electron chi connectivity index (χ3n) is 3.22. The Hall–Kier alpha value is -0.120. The van der Waals surface area contributed by atoms with Gasteiger partial charge in [0.15, 0.2) is 0 Å². The van der Waals surface area contributed by atoms with Gasteiger partial charge in [-0.2, -0.15) is 0 Å². The van der Waals surface area contributed by atoms with Gasteiger partial charge < -0.3 is 10.0 Å². The highest BCUT2D eigenvalue weighted by atomic mass is 16.3. The van der Waals surface area contributed by atoms with Gasteiger partial charge in [-0.15, -0.1) is 0 Å². The fourth-order valence-corrected chi connectivity index (χ4v) is 2.02. The summed E-state index contributed by atoms with van der Waals surface area (Å²) in [5, 5.41) is 9.49. The van der Waals surface area contributed by atoms with Gasteiger partial charge in [0.25, 0.3) is 0 Å². The van der Waals surface area contributed by atoms with E-state index in [2.05, 4.69) is 23.6 Å². The first-order valence-corrected chi connectivity index (χ1v) is 5.79. The van der Waals surface area contributed by atoms with E-state index in [0.29, 0.717) is 6.04 Å². The Bertz CT molecular complexity index is 153. The molecule has 0 saturated carbocycles. The lowest BCUT2D eigenvalue weighted by atomic mass is 10.1. The van der Waals surface area contributed by atoms with Gasteiger partial charge in [0.1, 0.15) is 0 Å². The maximum Gasteiger partial charge on any atom is 0.0664 e. The average Bonchev–Trinajstić information content (AvgIpc) is 2.18. The second-order valence-corrected chi connectivity index (χ2v) is 4.36. The summed E-state index contributed by atoms with van der Waals surface area (Å²) in [6.07, 6.45) is 1.03. The van der Waals surface area contributed by atoms with Crippen molar-refractivity contribution in [2.24, 2.45) is 0 Å². The molecule has 1 N–H and O–H groups in total. The van der Waals surface area contributed by atoms with Crippen molar-refractivity contribution in [3.8, 4) is 0 Å². The van der Waals surface area contributed by atoms with E-state index in [0.717, 1.165) is 26.2 Å². The number of rotatable bonds is 4. The smallest absolute Gasteiger partial charge is 0.0664 e. The molecular formula is C11H24N2O. The van der Waals surface area contributed by atoms with Gasteiger partial charge in [-0.05, 0) is 26.8 Å². The van der Waals surface area contributed by atoms with E-state index in [-0.39, 0.29) is 6.10 Å². The quantitative estimate of drug-likeness (QED) is 0.726. The molecule has 2 atom stereocenters. The molecule has 1 heterocycles. The van der Waals surface area contributed by atoms with Crippen LogP contribution in [0.2, 0.25) is 0 Å². The molecule has 3 nitrogen and oxygen atoms in total.